The van der Waals surface area contributed by atoms with Gasteiger partial charge >= 0.3 is 0 Å². The van der Waals surface area contributed by atoms with Crippen LogP contribution in [0.15, 0.2) is 24.3 Å². The number of halogens is 2. The summed E-state index contributed by atoms with van der Waals surface area (Å²) in [4.78, 5) is 23.4. The third kappa shape index (κ3) is 7.64. The van der Waals surface area contributed by atoms with Crippen LogP contribution < -0.4 is 16.4 Å². The zero-order valence-electron chi connectivity index (χ0n) is 12.8. The quantitative estimate of drug-likeness (QED) is 0.662. The van der Waals surface area contributed by atoms with Crippen molar-refractivity contribution in [3.05, 3.63) is 29.3 Å². The van der Waals surface area contributed by atoms with Crippen LogP contribution in [0.25, 0.3) is 0 Å². The van der Waals surface area contributed by atoms with Crippen LogP contribution in [-0.4, -0.2) is 24.4 Å². The van der Waals surface area contributed by atoms with E-state index >= 15 is 0 Å². The molecule has 0 radical (unpaired) electrons. The molecule has 1 aromatic carbocycles. The normalized spacial score (nSPS) is 12.7. The highest BCUT2D eigenvalue weighted by Crippen LogP contribution is 2.13. The fraction of sp³-hybridized carbons (Fsp3) is 0.467. The number of carbonyl (C=O) groups excluding carboxylic acids is 2. The van der Waals surface area contributed by atoms with Crippen LogP contribution in [0.1, 0.15) is 26.7 Å². The van der Waals surface area contributed by atoms with E-state index < -0.39 is 0 Å². The van der Waals surface area contributed by atoms with E-state index in [0.29, 0.717) is 30.1 Å². The molecule has 124 valence electrons. The van der Waals surface area contributed by atoms with Crippen molar-refractivity contribution < 1.29 is 9.59 Å². The number of nitrogens with two attached hydrogens (primary N) is 1. The summed E-state index contributed by atoms with van der Waals surface area (Å²) in [5.41, 5.74) is 6.36. The van der Waals surface area contributed by atoms with Crippen LogP contribution >= 0.6 is 24.0 Å². The summed E-state index contributed by atoms with van der Waals surface area (Å²) in [5, 5.41) is 6.17. The summed E-state index contributed by atoms with van der Waals surface area (Å²) < 4.78 is 0. The second-order valence-electron chi connectivity index (χ2n) is 5.10. The molecule has 0 aromatic heterocycles. The fourth-order valence-corrected chi connectivity index (χ4v) is 1.74. The zero-order valence-corrected chi connectivity index (χ0v) is 14.3. The van der Waals surface area contributed by atoms with Gasteiger partial charge in [0.1, 0.15) is 0 Å². The molecular formula is C15H23Cl2N3O2. The topological polar surface area (TPSA) is 84.2 Å². The van der Waals surface area contributed by atoms with E-state index in [2.05, 4.69) is 10.6 Å². The lowest BCUT2D eigenvalue weighted by molar-refractivity contribution is -0.125. The molecule has 2 atom stereocenters. The Bertz CT molecular complexity index is 478. The number of hydrogen-bond acceptors (Lipinski definition) is 3. The smallest absolute Gasteiger partial charge is 0.224 e. The highest BCUT2D eigenvalue weighted by Gasteiger charge is 2.16. The Morgan fingerprint density at radius 2 is 1.82 bits per heavy atom. The molecule has 0 saturated heterocycles. The molecule has 5 nitrogen and oxygen atoms in total. The van der Waals surface area contributed by atoms with E-state index in [-0.39, 0.29) is 36.2 Å². The van der Waals surface area contributed by atoms with Crippen LogP contribution in [0.2, 0.25) is 5.02 Å². The van der Waals surface area contributed by atoms with E-state index in [0.717, 1.165) is 0 Å². The van der Waals surface area contributed by atoms with E-state index in [9.17, 15) is 9.59 Å². The van der Waals surface area contributed by atoms with Gasteiger partial charge in [0.05, 0.1) is 0 Å². The Kier molecular flexibility index (Phi) is 9.81. The highest BCUT2D eigenvalue weighted by atomic mass is 35.5. The third-order valence-corrected chi connectivity index (χ3v) is 3.46. The Hall–Kier alpha value is -1.30. The van der Waals surface area contributed by atoms with Crippen molar-refractivity contribution in [2.45, 2.75) is 32.7 Å². The van der Waals surface area contributed by atoms with Gasteiger partial charge in [-0.15, -0.1) is 12.4 Å². The van der Waals surface area contributed by atoms with Gasteiger partial charge in [-0.25, -0.2) is 0 Å². The minimum Gasteiger partial charge on any atom is -0.356 e. The summed E-state index contributed by atoms with van der Waals surface area (Å²) in [7, 11) is 0. The van der Waals surface area contributed by atoms with Crippen molar-refractivity contribution in [1.82, 2.24) is 5.32 Å². The second kappa shape index (κ2) is 10.4. The Balaban J connectivity index is 0.00000441. The maximum Gasteiger partial charge on any atom is 0.224 e. The number of anilines is 1. The summed E-state index contributed by atoms with van der Waals surface area (Å²) >= 11 is 5.77. The molecule has 1 aromatic rings. The van der Waals surface area contributed by atoms with Crippen LogP contribution in [0.3, 0.4) is 0 Å². The van der Waals surface area contributed by atoms with E-state index in [1.165, 1.54) is 0 Å². The molecule has 0 saturated carbocycles. The summed E-state index contributed by atoms with van der Waals surface area (Å²) in [5.74, 6) is -0.400. The lowest BCUT2D eigenvalue weighted by Gasteiger charge is -2.15. The Morgan fingerprint density at radius 3 is 2.36 bits per heavy atom. The summed E-state index contributed by atoms with van der Waals surface area (Å²) in [6.45, 7) is 4.04. The number of hydrogen-bond donors (Lipinski definition) is 3. The average Bonchev–Trinajstić information content (AvgIpc) is 2.45. The molecule has 0 heterocycles. The Labute approximate surface area is 142 Å². The monoisotopic (exact) mass is 347 g/mol. The number of nitrogens with one attached hydrogen (secondary N) is 2. The number of carbonyl (C=O) groups is 2. The van der Waals surface area contributed by atoms with E-state index in [4.69, 9.17) is 17.3 Å². The number of rotatable bonds is 7. The van der Waals surface area contributed by atoms with Gasteiger partial charge in [0, 0.05) is 35.6 Å². The molecule has 4 N–H and O–H groups in total. The predicted molar refractivity (Wildman–Crippen MR) is 92.4 cm³/mol. The van der Waals surface area contributed by atoms with Crippen LogP contribution in [0, 0.1) is 5.92 Å². The second-order valence-corrected chi connectivity index (χ2v) is 5.53. The first-order valence-corrected chi connectivity index (χ1v) is 7.36. The summed E-state index contributed by atoms with van der Waals surface area (Å²) in [6.07, 6.45) is 0.923. The SMILES string of the molecule is CC(N)C(C)C(=O)NCCCC(=O)Nc1ccc(Cl)cc1.Cl. The number of benzene rings is 1. The van der Waals surface area contributed by atoms with Gasteiger partial charge in [0.15, 0.2) is 0 Å². The number of amides is 2. The molecular weight excluding hydrogens is 325 g/mol. The minimum absolute atomic E-state index is 0. The first-order chi connectivity index (χ1) is 9.90. The van der Waals surface area contributed by atoms with Gasteiger partial charge < -0.3 is 16.4 Å². The van der Waals surface area contributed by atoms with Gasteiger partial charge in [-0.2, -0.15) is 0 Å². The first kappa shape index (κ1) is 20.7. The molecule has 0 spiro atoms. The molecule has 7 heteroatoms. The van der Waals surface area contributed by atoms with Crippen molar-refractivity contribution in [2.24, 2.45) is 11.7 Å². The molecule has 0 fully saturated rings. The molecule has 1 rings (SSSR count). The lowest BCUT2D eigenvalue weighted by Crippen LogP contribution is -2.39. The van der Waals surface area contributed by atoms with Gasteiger partial charge in [-0.1, -0.05) is 18.5 Å². The predicted octanol–water partition coefficient (Wildman–Crippen LogP) is 2.58. The van der Waals surface area contributed by atoms with Crippen molar-refractivity contribution in [2.75, 3.05) is 11.9 Å². The largest absolute Gasteiger partial charge is 0.356 e. The maximum absolute atomic E-state index is 11.7. The first-order valence-electron chi connectivity index (χ1n) is 6.99. The van der Waals surface area contributed by atoms with Crippen molar-refractivity contribution in [1.29, 1.82) is 0 Å². The van der Waals surface area contributed by atoms with Gasteiger partial charge in [0.25, 0.3) is 0 Å². The van der Waals surface area contributed by atoms with Crippen LogP contribution in [0.4, 0.5) is 5.69 Å². The van der Waals surface area contributed by atoms with E-state index in [1.54, 1.807) is 38.1 Å². The van der Waals surface area contributed by atoms with Crippen LogP contribution in [-0.2, 0) is 9.59 Å². The third-order valence-electron chi connectivity index (χ3n) is 3.21. The van der Waals surface area contributed by atoms with E-state index in [1.807, 2.05) is 0 Å². The van der Waals surface area contributed by atoms with Gasteiger partial charge in [-0.3, -0.25) is 9.59 Å². The van der Waals surface area contributed by atoms with Gasteiger partial charge in [0.2, 0.25) is 11.8 Å². The fourth-order valence-electron chi connectivity index (χ4n) is 1.62. The molecule has 2 amide bonds. The molecule has 0 aliphatic rings. The molecule has 0 bridgehead atoms. The standard InChI is InChI=1S/C15H22ClN3O2.ClH/c1-10(11(2)17)15(21)18-9-3-4-14(20)19-13-7-5-12(16)6-8-13;/h5-8,10-11H,3-4,9,17H2,1-2H3,(H,18,21)(H,19,20);1H. The molecule has 0 aliphatic heterocycles. The van der Waals surface area contributed by atoms with Crippen molar-refractivity contribution in [3.63, 3.8) is 0 Å². The van der Waals surface area contributed by atoms with Crippen LogP contribution in [0.5, 0.6) is 0 Å². The molecule has 22 heavy (non-hydrogen) atoms. The molecule has 0 aliphatic carbocycles. The minimum atomic E-state index is -0.229. The lowest BCUT2D eigenvalue weighted by atomic mass is 10.0. The maximum atomic E-state index is 11.7. The van der Waals surface area contributed by atoms with Crippen molar-refractivity contribution in [3.8, 4) is 0 Å². The Morgan fingerprint density at radius 1 is 1.23 bits per heavy atom. The molecule has 2 unspecified atom stereocenters. The zero-order chi connectivity index (χ0) is 15.8. The summed E-state index contributed by atoms with van der Waals surface area (Å²) in [6, 6.07) is 6.73. The average molecular weight is 348 g/mol. The highest BCUT2D eigenvalue weighted by molar-refractivity contribution is 6.30. The van der Waals surface area contributed by atoms with Crippen molar-refractivity contribution >= 4 is 41.5 Å². The van der Waals surface area contributed by atoms with Gasteiger partial charge in [-0.05, 0) is 37.6 Å².